The fourth-order valence-electron chi connectivity index (χ4n) is 3.56. The van der Waals surface area contributed by atoms with Crippen LogP contribution in [0.2, 0.25) is 0 Å². The van der Waals surface area contributed by atoms with Crippen molar-refractivity contribution in [2.24, 2.45) is 0 Å². The minimum atomic E-state index is -5.47. The normalized spacial score (nSPS) is 25.2. The van der Waals surface area contributed by atoms with Gasteiger partial charge in [-0.3, -0.25) is 9.09 Å². The first-order valence-corrected chi connectivity index (χ1v) is 15.3. The molecule has 0 radical (unpaired) electrons. The number of aliphatic hydroxyl groups excluding tert-OH is 2. The molecule has 1 aliphatic heterocycles. The van der Waals surface area contributed by atoms with Crippen LogP contribution in [0.1, 0.15) is 11.8 Å². The van der Waals surface area contributed by atoms with E-state index in [2.05, 4.69) is 29.1 Å². The Morgan fingerprint density at radius 1 is 1.00 bits per heavy atom. The van der Waals surface area contributed by atoms with Gasteiger partial charge in [0.15, 0.2) is 23.2 Å². The van der Waals surface area contributed by atoms with Crippen LogP contribution in [0, 0.1) is 0 Å². The first-order chi connectivity index (χ1) is 17.7. The Hall–Kier alpha value is -2.14. The topological polar surface area (TPSA) is 268 Å². The molecular weight excluding hydrogens is 573 g/mol. The van der Waals surface area contributed by atoms with Crippen molar-refractivity contribution >= 4 is 40.3 Å². The zero-order chi connectivity index (χ0) is 27.7. The molecule has 3 heterocycles. The summed E-state index contributed by atoms with van der Waals surface area (Å²) in [5, 5.41) is 24.1. The van der Waals surface area contributed by atoms with Crippen LogP contribution < -0.4 is 10.2 Å². The van der Waals surface area contributed by atoms with Gasteiger partial charge in [-0.05, 0) is 5.56 Å². The Morgan fingerprint density at radius 3 is 2.39 bits per heavy atom. The highest BCUT2D eigenvalue weighted by atomic mass is 31.3. The van der Waals surface area contributed by atoms with Crippen molar-refractivity contribution in [1.82, 2.24) is 24.4 Å². The Kier molecular flexibility index (Phi) is 8.47. The summed E-state index contributed by atoms with van der Waals surface area (Å²) in [5.74, 6) is 0.390. The number of benzene rings is 1. The minimum Gasteiger partial charge on any atom is -0.387 e. The van der Waals surface area contributed by atoms with Crippen molar-refractivity contribution in [2.45, 2.75) is 31.1 Å². The predicted molar refractivity (Wildman–Crippen MR) is 127 cm³/mol. The summed E-state index contributed by atoms with van der Waals surface area (Å²) >= 11 is 0. The number of hydrogen-bond acceptors (Lipinski definition) is 12. The first-order valence-electron chi connectivity index (χ1n) is 10.6. The van der Waals surface area contributed by atoms with Crippen molar-refractivity contribution in [2.75, 3.05) is 11.9 Å². The van der Waals surface area contributed by atoms with Crippen LogP contribution in [-0.2, 0) is 33.8 Å². The number of ether oxygens (including phenoxy) is 1. The number of nitrogens with zero attached hydrogens (tertiary/aromatic N) is 4. The number of nitrogens with one attached hydrogen (secondary N) is 2. The first kappa shape index (κ1) is 28.9. The zero-order valence-corrected chi connectivity index (χ0v) is 21.7. The fraction of sp³-hybridized carbons (Fsp3) is 0.353. The maximum Gasteiger partial charge on any atom is 0.480 e. The lowest BCUT2D eigenvalue weighted by Crippen LogP contribution is -2.33. The number of imidazole rings is 1. The molecule has 1 saturated heterocycles. The van der Waals surface area contributed by atoms with Crippen molar-refractivity contribution in [3.63, 3.8) is 0 Å². The predicted octanol–water partition coefficient (Wildman–Crippen LogP) is -0.0261. The summed E-state index contributed by atoms with van der Waals surface area (Å²) in [6.07, 6.45) is -3.43. The van der Waals surface area contributed by atoms with Gasteiger partial charge in [0.05, 0.1) is 12.9 Å². The van der Waals surface area contributed by atoms with Gasteiger partial charge in [-0.2, -0.15) is 4.31 Å². The maximum atomic E-state index is 12.0. The lowest BCUT2D eigenvalue weighted by atomic mass is 10.1. The third kappa shape index (κ3) is 7.08. The largest absolute Gasteiger partial charge is 0.480 e. The second-order valence-electron chi connectivity index (χ2n) is 7.94. The summed E-state index contributed by atoms with van der Waals surface area (Å²) in [6.45, 7) is -0.488. The molecule has 1 aliphatic rings. The number of hydrogen-bond donors (Lipinski definition) is 8. The molecule has 0 bridgehead atoms. The minimum absolute atomic E-state index is 0.231. The molecule has 38 heavy (non-hydrogen) atoms. The van der Waals surface area contributed by atoms with E-state index in [4.69, 9.17) is 14.5 Å². The molecule has 0 saturated carbocycles. The summed E-state index contributed by atoms with van der Waals surface area (Å²) in [4.78, 5) is 49.8. The molecular formula is C17H23N6O12P3. The maximum absolute atomic E-state index is 12.0. The van der Waals surface area contributed by atoms with Crippen LogP contribution in [0.5, 0.6) is 0 Å². The van der Waals surface area contributed by atoms with Crippen LogP contribution in [0.15, 0.2) is 43.0 Å². The van der Waals surface area contributed by atoms with E-state index < -0.39 is 54.5 Å². The van der Waals surface area contributed by atoms with Gasteiger partial charge in [-0.15, -0.1) is 4.86 Å². The lowest BCUT2D eigenvalue weighted by molar-refractivity contribution is -0.0502. The number of aromatic nitrogens is 4. The van der Waals surface area contributed by atoms with Crippen LogP contribution in [0.3, 0.4) is 0 Å². The zero-order valence-electron chi connectivity index (χ0n) is 19.0. The molecule has 0 aliphatic carbocycles. The summed E-state index contributed by atoms with van der Waals surface area (Å²) in [5.41, 5.74) is 1.55. The molecule has 0 amide bonds. The average Bonchev–Trinajstić information content (AvgIpc) is 3.36. The van der Waals surface area contributed by atoms with Crippen LogP contribution in [0.25, 0.3) is 11.2 Å². The molecule has 208 valence electrons. The number of phosphoric ester groups is 1. The fourth-order valence-corrected chi connectivity index (χ4v) is 6.99. The molecule has 21 heteroatoms. The highest BCUT2D eigenvalue weighted by Crippen LogP contribution is 2.61. The molecule has 2 aromatic heterocycles. The molecule has 0 spiro atoms. The van der Waals surface area contributed by atoms with Crippen LogP contribution in [0.4, 0.5) is 5.82 Å². The van der Waals surface area contributed by atoms with Gasteiger partial charge < -0.3 is 39.8 Å². The van der Waals surface area contributed by atoms with Crippen LogP contribution >= 0.6 is 23.3 Å². The smallest absolute Gasteiger partial charge is 0.387 e. The van der Waals surface area contributed by atoms with Gasteiger partial charge in [0.2, 0.25) is 0 Å². The molecule has 1 aromatic carbocycles. The summed E-state index contributed by atoms with van der Waals surface area (Å²) < 4.78 is 49.7. The van der Waals surface area contributed by atoms with Gasteiger partial charge in [0.25, 0.3) is 0 Å². The van der Waals surface area contributed by atoms with Crippen molar-refractivity contribution < 1.29 is 57.1 Å². The Morgan fingerprint density at radius 2 is 1.71 bits per heavy atom. The van der Waals surface area contributed by atoms with E-state index in [0.717, 1.165) is 10.4 Å². The molecule has 8 N–H and O–H groups in total. The summed E-state index contributed by atoms with van der Waals surface area (Å²) in [6, 6.07) is 9.49. The molecule has 4 rings (SSSR count). The Bertz CT molecular complexity index is 1420. The number of phosphoric acid groups is 1. The van der Waals surface area contributed by atoms with Gasteiger partial charge in [-0.25, -0.2) is 28.6 Å². The van der Waals surface area contributed by atoms with Gasteiger partial charge in [-0.1, -0.05) is 30.3 Å². The monoisotopic (exact) mass is 596 g/mol. The van der Waals surface area contributed by atoms with E-state index in [1.165, 1.54) is 17.2 Å². The van der Waals surface area contributed by atoms with Crippen molar-refractivity contribution in [3.8, 4) is 0 Å². The molecule has 18 nitrogen and oxygen atoms in total. The highest BCUT2D eigenvalue weighted by Gasteiger charge is 2.46. The third-order valence-electron chi connectivity index (χ3n) is 5.15. The average molecular weight is 596 g/mol. The van der Waals surface area contributed by atoms with Gasteiger partial charge in [0, 0.05) is 6.54 Å². The molecule has 3 aromatic rings. The quantitative estimate of drug-likeness (QED) is 0.135. The Balaban J connectivity index is 1.44. The molecule has 2 unspecified atom stereocenters. The lowest BCUT2D eigenvalue weighted by Gasteiger charge is -2.19. The molecule has 1 fully saturated rings. The van der Waals surface area contributed by atoms with E-state index in [9.17, 15) is 33.7 Å². The third-order valence-corrected chi connectivity index (χ3v) is 9.38. The van der Waals surface area contributed by atoms with E-state index >= 15 is 0 Å². The van der Waals surface area contributed by atoms with Gasteiger partial charge >= 0.3 is 23.3 Å². The van der Waals surface area contributed by atoms with E-state index in [1.807, 2.05) is 30.3 Å². The second kappa shape index (κ2) is 11.2. The van der Waals surface area contributed by atoms with Crippen molar-refractivity contribution in [3.05, 3.63) is 48.5 Å². The highest BCUT2D eigenvalue weighted by molar-refractivity contribution is 7.70. The standard InChI is InChI=1S/C17H23N6O12P3/c24-13-11(7-33-38(31,32)35-37(29,30)22-36(26,27)28)34-17(14(13)25)23-9-21-12-15(19-8-20-16(12)23)18-6-10-4-2-1-3-5-10/h1-5,8-9,11,13-14,17,24-25H,6-7H2,(H,31,32)(H,18,19,20)(H4,22,26,27,28,29,30)/t11-,13-,14-,17-/m1/s1. The number of aliphatic hydroxyl groups is 2. The van der Waals surface area contributed by atoms with E-state index in [1.54, 1.807) is 0 Å². The van der Waals surface area contributed by atoms with Gasteiger partial charge in [0.1, 0.15) is 24.6 Å². The van der Waals surface area contributed by atoms with E-state index in [0.29, 0.717) is 17.9 Å². The number of rotatable bonds is 11. The number of fused-ring (bicyclic) bond motifs is 1. The Labute approximate surface area is 213 Å². The van der Waals surface area contributed by atoms with Crippen LogP contribution in [-0.4, -0.2) is 74.2 Å². The number of anilines is 1. The van der Waals surface area contributed by atoms with Crippen molar-refractivity contribution in [1.29, 1.82) is 0 Å². The summed E-state index contributed by atoms with van der Waals surface area (Å²) in [7, 11) is -16.2. The molecule has 6 atom stereocenters. The van der Waals surface area contributed by atoms with E-state index in [-0.39, 0.29) is 5.65 Å². The SMILES string of the molecule is O=P(O)(O)NP(=O)(O)OP(=O)(O)OC[C@H]1O[C@@H](n2cnc3c(NCc4ccccc4)ncnc32)[C@H](O)[C@@H]1O. The second-order valence-corrected chi connectivity index (χ2v) is 12.7.